The standard InChI is InChI=1S/C8H8Cl2O2S/c9-5-8(10)6-1-3-7(4-2-6)13(11)12/h1-3,8H,4-5H2. The molecule has 0 aromatic carbocycles. The van der Waals surface area contributed by atoms with Gasteiger partial charge in [0.05, 0.1) is 10.2 Å². The normalized spacial score (nSPS) is 18.3. The molecule has 1 rings (SSSR count). The fraction of sp³-hybridized carbons (Fsp3) is 0.375. The molecule has 0 spiro atoms. The van der Waals surface area contributed by atoms with Gasteiger partial charge in [-0.3, -0.25) is 0 Å². The van der Waals surface area contributed by atoms with Crippen molar-refractivity contribution >= 4 is 38.4 Å². The Hall–Kier alpha value is -0.250. The van der Waals surface area contributed by atoms with Crippen LogP contribution in [0.5, 0.6) is 0 Å². The number of alkyl halides is 2. The Bertz CT molecular complexity index is 371. The van der Waals surface area contributed by atoms with Gasteiger partial charge in [0.1, 0.15) is 0 Å². The second-order valence-electron chi connectivity index (χ2n) is 2.56. The lowest BCUT2D eigenvalue weighted by molar-refractivity contribution is 0.627. The smallest absolute Gasteiger partial charge is 0.184 e. The van der Waals surface area contributed by atoms with Gasteiger partial charge in [0.15, 0.2) is 0 Å². The van der Waals surface area contributed by atoms with Crippen molar-refractivity contribution in [1.82, 2.24) is 0 Å². The van der Waals surface area contributed by atoms with Crippen molar-refractivity contribution < 1.29 is 8.42 Å². The molecule has 0 radical (unpaired) electrons. The van der Waals surface area contributed by atoms with E-state index in [0.717, 1.165) is 5.57 Å². The van der Waals surface area contributed by atoms with Crippen molar-refractivity contribution in [3.8, 4) is 0 Å². The van der Waals surface area contributed by atoms with Gasteiger partial charge in [-0.05, 0) is 11.6 Å². The third-order valence-corrected chi connectivity index (χ3v) is 3.32. The van der Waals surface area contributed by atoms with E-state index in [4.69, 9.17) is 23.2 Å². The molecule has 1 aliphatic rings. The lowest BCUT2D eigenvalue weighted by Gasteiger charge is -2.10. The fourth-order valence-corrected chi connectivity index (χ4v) is 1.73. The van der Waals surface area contributed by atoms with Gasteiger partial charge in [0.2, 0.25) is 10.3 Å². The van der Waals surface area contributed by atoms with Crippen LogP contribution in [0.1, 0.15) is 6.42 Å². The maximum atomic E-state index is 10.5. The highest BCUT2D eigenvalue weighted by Gasteiger charge is 2.10. The maximum Gasteiger partial charge on any atom is 0.217 e. The van der Waals surface area contributed by atoms with Crippen LogP contribution in [0.2, 0.25) is 0 Å². The largest absolute Gasteiger partial charge is 0.217 e. The summed E-state index contributed by atoms with van der Waals surface area (Å²) < 4.78 is 21.0. The lowest BCUT2D eigenvalue weighted by Crippen LogP contribution is -2.08. The van der Waals surface area contributed by atoms with Gasteiger partial charge < -0.3 is 0 Å². The van der Waals surface area contributed by atoms with E-state index in [1.807, 2.05) is 0 Å². The Kier molecular flexibility index (Phi) is 4.03. The fourth-order valence-electron chi connectivity index (χ4n) is 0.989. The predicted octanol–water partition coefficient (Wildman–Crippen LogP) is 1.77. The van der Waals surface area contributed by atoms with Crippen LogP contribution >= 0.6 is 23.2 Å². The topological polar surface area (TPSA) is 34.1 Å². The summed E-state index contributed by atoms with van der Waals surface area (Å²) in [5, 5.41) is -0.237. The van der Waals surface area contributed by atoms with Crippen LogP contribution in [0.15, 0.2) is 23.8 Å². The molecule has 1 atom stereocenters. The summed E-state index contributed by atoms with van der Waals surface area (Å²) in [7, 11) is -2.12. The minimum absolute atomic E-state index is 0.237. The zero-order chi connectivity index (χ0) is 9.84. The van der Waals surface area contributed by atoms with Crippen LogP contribution in [0.3, 0.4) is 0 Å². The summed E-state index contributed by atoms with van der Waals surface area (Å²) >= 11 is 11.4. The summed E-state index contributed by atoms with van der Waals surface area (Å²) in [4.78, 5) is 0.377. The number of rotatable bonds is 2. The van der Waals surface area contributed by atoms with E-state index >= 15 is 0 Å². The Morgan fingerprint density at radius 2 is 2.15 bits per heavy atom. The van der Waals surface area contributed by atoms with Crippen LogP contribution in [0.4, 0.5) is 0 Å². The highest BCUT2D eigenvalue weighted by Crippen LogP contribution is 2.17. The van der Waals surface area contributed by atoms with Crippen molar-refractivity contribution in [2.75, 3.05) is 5.88 Å². The monoisotopic (exact) mass is 238 g/mol. The lowest BCUT2D eigenvalue weighted by atomic mass is 10.1. The molecule has 5 heteroatoms. The van der Waals surface area contributed by atoms with E-state index in [1.165, 1.54) is 0 Å². The molecular formula is C8H8Cl2O2S. The average Bonchev–Trinajstić information content (AvgIpc) is 2.17. The van der Waals surface area contributed by atoms with Gasteiger partial charge in [-0.1, -0.05) is 12.2 Å². The zero-order valence-electron chi connectivity index (χ0n) is 6.70. The molecule has 0 aliphatic heterocycles. The molecule has 0 saturated carbocycles. The minimum Gasteiger partial charge on any atom is -0.184 e. The molecular weight excluding hydrogens is 231 g/mol. The zero-order valence-corrected chi connectivity index (χ0v) is 9.03. The molecule has 0 N–H and O–H groups in total. The Morgan fingerprint density at radius 3 is 2.54 bits per heavy atom. The first-order valence-electron chi connectivity index (χ1n) is 3.68. The van der Waals surface area contributed by atoms with E-state index in [2.05, 4.69) is 0 Å². The molecule has 0 saturated heterocycles. The molecule has 13 heavy (non-hydrogen) atoms. The Balaban J connectivity index is 2.82. The number of hydrogen-bond donors (Lipinski definition) is 0. The maximum absolute atomic E-state index is 10.5. The SMILES string of the molecule is O=S(=O)=C1C=CC(C(Cl)CCl)=CC1. The van der Waals surface area contributed by atoms with Gasteiger partial charge in [-0.2, -0.15) is 8.42 Å². The van der Waals surface area contributed by atoms with Crippen LogP contribution < -0.4 is 0 Å². The average molecular weight is 239 g/mol. The molecule has 2 nitrogen and oxygen atoms in total. The molecule has 0 amide bonds. The highest BCUT2D eigenvalue weighted by molar-refractivity contribution is 7.73. The predicted molar refractivity (Wildman–Crippen MR) is 56.1 cm³/mol. The van der Waals surface area contributed by atoms with Crippen molar-refractivity contribution in [3.63, 3.8) is 0 Å². The molecule has 0 aromatic heterocycles. The Morgan fingerprint density at radius 1 is 1.46 bits per heavy atom. The number of halogens is 2. The molecule has 0 heterocycles. The van der Waals surface area contributed by atoms with Crippen LogP contribution in [-0.2, 0) is 10.3 Å². The third kappa shape index (κ3) is 2.86. The molecule has 72 valence electrons. The first-order valence-corrected chi connectivity index (χ1v) is 5.73. The van der Waals surface area contributed by atoms with Crippen LogP contribution in [0, 0.1) is 0 Å². The van der Waals surface area contributed by atoms with Gasteiger partial charge in [-0.15, -0.1) is 23.2 Å². The summed E-state index contributed by atoms with van der Waals surface area (Å²) in [6.45, 7) is 0. The first kappa shape index (κ1) is 10.8. The van der Waals surface area contributed by atoms with E-state index in [-0.39, 0.29) is 5.38 Å². The van der Waals surface area contributed by atoms with Crippen LogP contribution in [0.25, 0.3) is 0 Å². The van der Waals surface area contributed by atoms with Crippen molar-refractivity contribution in [1.29, 1.82) is 0 Å². The number of allylic oxidation sites excluding steroid dienone is 4. The third-order valence-electron chi connectivity index (χ3n) is 1.71. The second kappa shape index (κ2) is 4.84. The van der Waals surface area contributed by atoms with E-state index in [1.54, 1.807) is 18.2 Å². The quantitative estimate of drug-likeness (QED) is 0.543. The van der Waals surface area contributed by atoms with Crippen molar-refractivity contribution in [3.05, 3.63) is 23.8 Å². The summed E-state index contributed by atoms with van der Waals surface area (Å²) in [6, 6.07) is 0. The summed E-state index contributed by atoms with van der Waals surface area (Å²) in [5.41, 5.74) is 0.880. The molecule has 1 unspecified atom stereocenters. The Labute approximate surface area is 88.4 Å². The second-order valence-corrected chi connectivity index (χ2v) is 4.39. The van der Waals surface area contributed by atoms with Crippen molar-refractivity contribution in [2.24, 2.45) is 0 Å². The van der Waals surface area contributed by atoms with E-state index in [9.17, 15) is 8.42 Å². The van der Waals surface area contributed by atoms with Crippen LogP contribution in [-0.4, -0.2) is 24.5 Å². The molecule has 1 aliphatic carbocycles. The highest BCUT2D eigenvalue weighted by atomic mass is 35.5. The molecule has 0 bridgehead atoms. The summed E-state index contributed by atoms with van der Waals surface area (Å²) in [6.07, 6.45) is 5.43. The van der Waals surface area contributed by atoms with Gasteiger partial charge in [0.25, 0.3) is 0 Å². The van der Waals surface area contributed by atoms with E-state index < -0.39 is 10.3 Å². The molecule has 0 fully saturated rings. The summed E-state index contributed by atoms with van der Waals surface area (Å²) in [5.74, 6) is 0.327. The van der Waals surface area contributed by atoms with Gasteiger partial charge >= 0.3 is 0 Å². The van der Waals surface area contributed by atoms with Crippen molar-refractivity contribution in [2.45, 2.75) is 11.8 Å². The van der Waals surface area contributed by atoms with Gasteiger partial charge in [0, 0.05) is 12.3 Å². The van der Waals surface area contributed by atoms with Gasteiger partial charge in [-0.25, -0.2) is 0 Å². The molecule has 0 aromatic rings. The number of hydrogen-bond acceptors (Lipinski definition) is 2. The first-order chi connectivity index (χ1) is 6.15. The minimum atomic E-state index is -2.12. The van der Waals surface area contributed by atoms with E-state index in [0.29, 0.717) is 17.2 Å².